The van der Waals surface area contributed by atoms with Crippen LogP contribution in [0.25, 0.3) is 0 Å². The Kier molecular flexibility index (Phi) is 8.11. The van der Waals surface area contributed by atoms with Crippen molar-refractivity contribution in [1.29, 1.82) is 0 Å². The number of carbonyl (C=O) groups excluding carboxylic acids is 2. The second-order valence-electron chi connectivity index (χ2n) is 5.68. The highest BCUT2D eigenvalue weighted by atomic mass is 35.5. The lowest BCUT2D eigenvalue weighted by atomic mass is 10.1. The summed E-state index contributed by atoms with van der Waals surface area (Å²) in [7, 11) is 0. The molecule has 0 heterocycles. The highest BCUT2D eigenvalue weighted by Crippen LogP contribution is 2.24. The molecule has 0 bridgehead atoms. The minimum absolute atomic E-state index is 0. The Morgan fingerprint density at radius 3 is 2.20 bits per heavy atom. The zero-order valence-electron chi connectivity index (χ0n) is 14.4. The van der Waals surface area contributed by atoms with Crippen LogP contribution in [0, 0.1) is 6.92 Å². The fourth-order valence-corrected chi connectivity index (χ4v) is 2.36. The summed E-state index contributed by atoms with van der Waals surface area (Å²) in [6.07, 6.45) is 1.48. The lowest BCUT2D eigenvalue weighted by Crippen LogP contribution is -2.35. The molecular formula is C19H24ClN3O2. The zero-order valence-corrected chi connectivity index (χ0v) is 15.2. The van der Waals surface area contributed by atoms with Crippen molar-refractivity contribution in [1.82, 2.24) is 0 Å². The van der Waals surface area contributed by atoms with Gasteiger partial charge < -0.3 is 16.4 Å². The number of hydrogen-bond acceptors (Lipinski definition) is 3. The lowest BCUT2D eigenvalue weighted by molar-refractivity contribution is -0.117. The summed E-state index contributed by atoms with van der Waals surface area (Å²) in [5, 5.41) is 5.71. The number of amides is 2. The Hall–Kier alpha value is -2.37. The third kappa shape index (κ3) is 5.59. The van der Waals surface area contributed by atoms with E-state index in [0.717, 1.165) is 12.0 Å². The van der Waals surface area contributed by atoms with Crippen LogP contribution in [0.2, 0.25) is 0 Å². The van der Waals surface area contributed by atoms with Crippen LogP contribution in [-0.2, 0) is 4.79 Å². The first-order valence-corrected chi connectivity index (χ1v) is 8.05. The molecular weight excluding hydrogens is 338 g/mol. The van der Waals surface area contributed by atoms with Crippen LogP contribution in [0.5, 0.6) is 0 Å². The summed E-state index contributed by atoms with van der Waals surface area (Å²) < 4.78 is 0. The van der Waals surface area contributed by atoms with Gasteiger partial charge in [0, 0.05) is 16.9 Å². The van der Waals surface area contributed by atoms with Crippen molar-refractivity contribution in [2.75, 3.05) is 10.6 Å². The molecule has 0 spiro atoms. The topological polar surface area (TPSA) is 84.2 Å². The van der Waals surface area contributed by atoms with Gasteiger partial charge >= 0.3 is 0 Å². The van der Waals surface area contributed by atoms with Gasteiger partial charge in [-0.2, -0.15) is 0 Å². The van der Waals surface area contributed by atoms with Crippen LogP contribution < -0.4 is 16.4 Å². The minimum atomic E-state index is -0.531. The zero-order chi connectivity index (χ0) is 17.5. The number of rotatable bonds is 6. The summed E-state index contributed by atoms with van der Waals surface area (Å²) in [5.41, 5.74) is 8.52. The van der Waals surface area contributed by atoms with Crippen LogP contribution in [0.3, 0.4) is 0 Å². The standard InChI is InChI=1S/C19H23N3O2.ClH/c1-3-8-15(20)19(24)22-17-12-7-11-16(13(17)2)21-18(23)14-9-5-4-6-10-14;/h4-7,9-12,15H,3,8,20H2,1-2H3,(H,21,23)(H,22,24);1H. The molecule has 0 aliphatic heterocycles. The van der Waals surface area contributed by atoms with Gasteiger partial charge in [-0.15, -0.1) is 12.4 Å². The molecule has 4 N–H and O–H groups in total. The monoisotopic (exact) mass is 361 g/mol. The molecule has 134 valence electrons. The smallest absolute Gasteiger partial charge is 0.255 e. The van der Waals surface area contributed by atoms with Crippen molar-refractivity contribution in [3.63, 3.8) is 0 Å². The summed E-state index contributed by atoms with van der Waals surface area (Å²) in [4.78, 5) is 24.4. The molecule has 0 saturated heterocycles. The van der Waals surface area contributed by atoms with Gasteiger partial charge in [0.15, 0.2) is 0 Å². The molecule has 2 amide bonds. The van der Waals surface area contributed by atoms with E-state index in [9.17, 15) is 9.59 Å². The van der Waals surface area contributed by atoms with Crippen LogP contribution in [0.4, 0.5) is 11.4 Å². The van der Waals surface area contributed by atoms with E-state index in [2.05, 4.69) is 10.6 Å². The SMILES string of the molecule is CCCC(N)C(=O)Nc1cccc(NC(=O)c2ccccc2)c1C.Cl. The number of anilines is 2. The summed E-state index contributed by atoms with van der Waals surface area (Å²) >= 11 is 0. The minimum Gasteiger partial charge on any atom is -0.324 e. The van der Waals surface area contributed by atoms with Gasteiger partial charge in [0.2, 0.25) is 5.91 Å². The first kappa shape index (κ1) is 20.7. The maximum atomic E-state index is 12.3. The quantitative estimate of drug-likeness (QED) is 0.732. The maximum Gasteiger partial charge on any atom is 0.255 e. The van der Waals surface area contributed by atoms with Crippen molar-refractivity contribution in [2.24, 2.45) is 5.73 Å². The Morgan fingerprint density at radius 1 is 1.00 bits per heavy atom. The predicted octanol–water partition coefficient (Wildman–Crippen LogP) is 3.74. The second kappa shape index (κ2) is 9.81. The fraction of sp³-hybridized carbons (Fsp3) is 0.263. The molecule has 0 radical (unpaired) electrons. The Balaban J connectivity index is 0.00000312. The molecule has 0 saturated carbocycles. The molecule has 1 unspecified atom stereocenters. The Morgan fingerprint density at radius 2 is 1.60 bits per heavy atom. The van der Waals surface area contributed by atoms with E-state index in [1.54, 1.807) is 30.3 Å². The third-order valence-electron chi connectivity index (χ3n) is 3.81. The molecule has 0 aliphatic rings. The normalized spacial score (nSPS) is 11.2. The van der Waals surface area contributed by atoms with Crippen molar-refractivity contribution in [3.05, 3.63) is 59.7 Å². The van der Waals surface area contributed by atoms with Gasteiger partial charge in [0.1, 0.15) is 0 Å². The maximum absolute atomic E-state index is 12.3. The molecule has 2 rings (SSSR count). The number of hydrogen-bond donors (Lipinski definition) is 3. The van der Waals surface area contributed by atoms with Crippen molar-refractivity contribution >= 4 is 35.6 Å². The first-order valence-electron chi connectivity index (χ1n) is 8.05. The van der Waals surface area contributed by atoms with Crippen LogP contribution in [-0.4, -0.2) is 17.9 Å². The van der Waals surface area contributed by atoms with Crippen LogP contribution in [0.15, 0.2) is 48.5 Å². The molecule has 0 aliphatic carbocycles. The molecule has 1 atom stereocenters. The first-order chi connectivity index (χ1) is 11.5. The highest BCUT2D eigenvalue weighted by molar-refractivity contribution is 6.05. The number of nitrogens with one attached hydrogen (secondary N) is 2. The molecule has 0 fully saturated rings. The predicted molar refractivity (Wildman–Crippen MR) is 104 cm³/mol. The number of benzene rings is 2. The van der Waals surface area contributed by atoms with E-state index in [-0.39, 0.29) is 24.2 Å². The van der Waals surface area contributed by atoms with Crippen LogP contribution in [0.1, 0.15) is 35.7 Å². The Labute approximate surface area is 154 Å². The number of carbonyl (C=O) groups is 2. The van der Waals surface area contributed by atoms with E-state index in [1.165, 1.54) is 0 Å². The third-order valence-corrected chi connectivity index (χ3v) is 3.81. The van der Waals surface area contributed by atoms with Crippen molar-refractivity contribution < 1.29 is 9.59 Å². The summed E-state index contributed by atoms with van der Waals surface area (Å²) in [6, 6.07) is 13.8. The molecule has 2 aromatic rings. The second-order valence-corrected chi connectivity index (χ2v) is 5.68. The molecule has 5 nitrogen and oxygen atoms in total. The van der Waals surface area contributed by atoms with E-state index in [1.807, 2.05) is 32.0 Å². The van der Waals surface area contributed by atoms with E-state index in [4.69, 9.17) is 5.73 Å². The average molecular weight is 362 g/mol. The summed E-state index contributed by atoms with van der Waals surface area (Å²) in [5.74, 6) is -0.406. The van der Waals surface area contributed by atoms with Gasteiger partial charge in [0.25, 0.3) is 5.91 Å². The van der Waals surface area contributed by atoms with Gasteiger partial charge in [-0.25, -0.2) is 0 Å². The Bertz CT molecular complexity index is 720. The average Bonchev–Trinajstić information content (AvgIpc) is 2.59. The van der Waals surface area contributed by atoms with E-state index < -0.39 is 6.04 Å². The van der Waals surface area contributed by atoms with Crippen molar-refractivity contribution in [2.45, 2.75) is 32.7 Å². The molecule has 2 aromatic carbocycles. The largest absolute Gasteiger partial charge is 0.324 e. The van der Waals surface area contributed by atoms with Crippen LogP contribution >= 0.6 is 12.4 Å². The van der Waals surface area contributed by atoms with E-state index >= 15 is 0 Å². The molecule has 0 aromatic heterocycles. The number of halogens is 1. The van der Waals surface area contributed by atoms with Gasteiger partial charge in [-0.1, -0.05) is 37.6 Å². The van der Waals surface area contributed by atoms with Gasteiger partial charge in [0.05, 0.1) is 6.04 Å². The lowest BCUT2D eigenvalue weighted by Gasteiger charge is -2.16. The van der Waals surface area contributed by atoms with Gasteiger partial charge in [-0.05, 0) is 43.2 Å². The number of nitrogens with two attached hydrogens (primary N) is 1. The molecule has 25 heavy (non-hydrogen) atoms. The van der Waals surface area contributed by atoms with Crippen molar-refractivity contribution in [3.8, 4) is 0 Å². The fourth-order valence-electron chi connectivity index (χ4n) is 2.36. The molecule has 6 heteroatoms. The van der Waals surface area contributed by atoms with E-state index in [0.29, 0.717) is 23.4 Å². The summed E-state index contributed by atoms with van der Waals surface area (Å²) in [6.45, 7) is 3.83. The highest BCUT2D eigenvalue weighted by Gasteiger charge is 2.15. The van der Waals surface area contributed by atoms with Gasteiger partial charge in [-0.3, -0.25) is 9.59 Å².